The van der Waals surface area contributed by atoms with Gasteiger partial charge in [-0.2, -0.15) is 5.10 Å². The fourth-order valence-corrected chi connectivity index (χ4v) is 1.29. The Morgan fingerprint density at radius 2 is 2.28 bits per heavy atom. The standard InChI is InChI=1S/C10H10N6O2/c11-16-6-13-15-10(16)14-12-5-7-3-1-2-4-8(7)9(17)18/h1-6H,11H2,(H,14,15)(H,17,18)/b12-5+. The van der Waals surface area contributed by atoms with Crippen LogP contribution >= 0.6 is 0 Å². The highest BCUT2D eigenvalue weighted by molar-refractivity contribution is 5.98. The molecule has 0 spiro atoms. The number of nitrogens with one attached hydrogen (secondary N) is 1. The first-order valence-electron chi connectivity index (χ1n) is 4.95. The molecule has 1 aromatic heterocycles. The Hall–Kier alpha value is -2.90. The number of nitrogens with two attached hydrogens (primary N) is 1. The lowest BCUT2D eigenvalue weighted by atomic mass is 10.1. The van der Waals surface area contributed by atoms with Crippen molar-refractivity contribution in [3.05, 3.63) is 41.7 Å². The molecular weight excluding hydrogens is 236 g/mol. The first-order chi connectivity index (χ1) is 8.68. The van der Waals surface area contributed by atoms with E-state index in [0.717, 1.165) is 4.68 Å². The molecule has 0 saturated carbocycles. The maximum absolute atomic E-state index is 10.9. The van der Waals surface area contributed by atoms with Crippen molar-refractivity contribution in [2.24, 2.45) is 5.10 Å². The molecule has 0 atom stereocenters. The van der Waals surface area contributed by atoms with Crippen molar-refractivity contribution in [1.29, 1.82) is 0 Å². The number of anilines is 1. The summed E-state index contributed by atoms with van der Waals surface area (Å²) in [5, 5.41) is 20.0. The molecule has 18 heavy (non-hydrogen) atoms. The Balaban J connectivity index is 2.14. The number of nitrogen functional groups attached to an aromatic ring is 1. The summed E-state index contributed by atoms with van der Waals surface area (Å²) in [5.41, 5.74) is 3.19. The van der Waals surface area contributed by atoms with E-state index in [1.54, 1.807) is 18.2 Å². The molecule has 0 unspecified atom stereocenters. The maximum Gasteiger partial charge on any atom is 0.336 e. The van der Waals surface area contributed by atoms with E-state index in [-0.39, 0.29) is 11.5 Å². The van der Waals surface area contributed by atoms with Crippen LogP contribution < -0.4 is 11.3 Å². The third-order valence-electron chi connectivity index (χ3n) is 2.13. The summed E-state index contributed by atoms with van der Waals surface area (Å²) in [4.78, 5) is 10.9. The first-order valence-corrected chi connectivity index (χ1v) is 4.95. The molecule has 0 aliphatic rings. The number of hydrazone groups is 1. The number of nitrogens with zero attached hydrogens (tertiary/aromatic N) is 4. The molecule has 1 aromatic carbocycles. The number of aromatic carboxylic acids is 1. The summed E-state index contributed by atoms with van der Waals surface area (Å²) in [5.74, 6) is 4.69. The predicted octanol–water partition coefficient (Wildman–Crippen LogP) is 0.136. The predicted molar refractivity (Wildman–Crippen MR) is 64.8 cm³/mol. The van der Waals surface area contributed by atoms with Crippen LogP contribution in [-0.4, -0.2) is 32.2 Å². The van der Waals surface area contributed by atoms with Gasteiger partial charge in [0.1, 0.15) is 6.33 Å². The zero-order chi connectivity index (χ0) is 13.0. The van der Waals surface area contributed by atoms with Crippen LogP contribution in [0, 0.1) is 0 Å². The van der Waals surface area contributed by atoms with Gasteiger partial charge in [0.15, 0.2) is 0 Å². The maximum atomic E-state index is 10.9. The van der Waals surface area contributed by atoms with Crippen LogP contribution in [0.2, 0.25) is 0 Å². The van der Waals surface area contributed by atoms with Gasteiger partial charge >= 0.3 is 5.97 Å². The molecule has 0 bridgehead atoms. The third kappa shape index (κ3) is 2.43. The molecule has 0 aliphatic heterocycles. The van der Waals surface area contributed by atoms with Gasteiger partial charge in [0.05, 0.1) is 11.8 Å². The van der Waals surface area contributed by atoms with E-state index in [1.807, 2.05) is 0 Å². The summed E-state index contributed by atoms with van der Waals surface area (Å²) in [6.45, 7) is 0. The second-order valence-corrected chi connectivity index (χ2v) is 3.32. The lowest BCUT2D eigenvalue weighted by Gasteiger charge is -2.00. The van der Waals surface area contributed by atoms with E-state index in [2.05, 4.69) is 20.7 Å². The Bertz CT molecular complexity index is 592. The average molecular weight is 246 g/mol. The summed E-state index contributed by atoms with van der Waals surface area (Å²) < 4.78 is 1.15. The van der Waals surface area contributed by atoms with Crippen molar-refractivity contribution in [1.82, 2.24) is 14.9 Å². The van der Waals surface area contributed by atoms with Crippen LogP contribution in [-0.2, 0) is 0 Å². The lowest BCUT2D eigenvalue weighted by Crippen LogP contribution is -2.10. The second kappa shape index (κ2) is 4.95. The summed E-state index contributed by atoms with van der Waals surface area (Å²) in [6, 6.07) is 6.50. The van der Waals surface area contributed by atoms with Crippen molar-refractivity contribution in [2.75, 3.05) is 11.3 Å². The van der Waals surface area contributed by atoms with Gasteiger partial charge in [-0.3, -0.25) is 0 Å². The van der Waals surface area contributed by atoms with Gasteiger partial charge in [0.2, 0.25) is 0 Å². The zero-order valence-electron chi connectivity index (χ0n) is 9.19. The molecule has 1 heterocycles. The summed E-state index contributed by atoms with van der Waals surface area (Å²) >= 11 is 0. The van der Waals surface area contributed by atoms with Gasteiger partial charge in [0.25, 0.3) is 5.95 Å². The third-order valence-corrected chi connectivity index (χ3v) is 2.13. The van der Waals surface area contributed by atoms with Gasteiger partial charge in [-0.05, 0) is 6.07 Å². The molecule has 0 aliphatic carbocycles. The van der Waals surface area contributed by atoms with E-state index in [0.29, 0.717) is 5.56 Å². The van der Waals surface area contributed by atoms with Crippen molar-refractivity contribution < 1.29 is 9.90 Å². The minimum absolute atomic E-state index is 0.164. The zero-order valence-corrected chi connectivity index (χ0v) is 9.19. The van der Waals surface area contributed by atoms with Crippen LogP contribution in [0.4, 0.5) is 5.95 Å². The van der Waals surface area contributed by atoms with Crippen molar-refractivity contribution in [2.45, 2.75) is 0 Å². The molecule has 92 valence electrons. The quantitative estimate of drug-likeness (QED) is 0.401. The topological polar surface area (TPSA) is 118 Å². The number of hydrogen-bond acceptors (Lipinski definition) is 6. The number of rotatable bonds is 4. The van der Waals surface area contributed by atoms with Gasteiger partial charge in [0, 0.05) is 5.56 Å². The Labute approximate surface area is 102 Å². The minimum Gasteiger partial charge on any atom is -0.478 e. The summed E-state index contributed by atoms with van der Waals surface area (Å²) in [6.07, 6.45) is 2.68. The van der Waals surface area contributed by atoms with Crippen LogP contribution in [0.15, 0.2) is 35.7 Å². The van der Waals surface area contributed by atoms with E-state index in [4.69, 9.17) is 10.9 Å². The van der Waals surface area contributed by atoms with Crippen LogP contribution in [0.25, 0.3) is 0 Å². The number of hydrogen-bond donors (Lipinski definition) is 3. The van der Waals surface area contributed by atoms with Gasteiger partial charge < -0.3 is 10.9 Å². The smallest absolute Gasteiger partial charge is 0.336 e. The van der Waals surface area contributed by atoms with E-state index < -0.39 is 5.97 Å². The van der Waals surface area contributed by atoms with Gasteiger partial charge in [-0.15, -0.1) is 10.2 Å². The van der Waals surface area contributed by atoms with E-state index in [9.17, 15) is 4.79 Å². The highest BCUT2D eigenvalue weighted by atomic mass is 16.4. The Morgan fingerprint density at radius 1 is 1.50 bits per heavy atom. The molecule has 0 amide bonds. The Kier molecular flexibility index (Phi) is 3.19. The first kappa shape index (κ1) is 11.6. The van der Waals surface area contributed by atoms with E-state index in [1.165, 1.54) is 18.6 Å². The Morgan fingerprint density at radius 3 is 2.94 bits per heavy atom. The van der Waals surface area contributed by atoms with Crippen LogP contribution in [0.3, 0.4) is 0 Å². The molecule has 4 N–H and O–H groups in total. The second-order valence-electron chi connectivity index (χ2n) is 3.32. The monoisotopic (exact) mass is 246 g/mol. The molecule has 8 heteroatoms. The van der Waals surface area contributed by atoms with Gasteiger partial charge in [-0.1, -0.05) is 18.2 Å². The van der Waals surface area contributed by atoms with Crippen LogP contribution in [0.1, 0.15) is 15.9 Å². The summed E-state index contributed by atoms with van der Waals surface area (Å²) in [7, 11) is 0. The van der Waals surface area contributed by atoms with E-state index >= 15 is 0 Å². The fourth-order valence-electron chi connectivity index (χ4n) is 1.29. The highest BCUT2D eigenvalue weighted by Crippen LogP contribution is 2.06. The molecule has 2 aromatic rings. The number of benzene rings is 1. The molecule has 0 saturated heterocycles. The van der Waals surface area contributed by atoms with Crippen molar-refractivity contribution >= 4 is 18.1 Å². The molecule has 0 radical (unpaired) electrons. The SMILES string of the molecule is Nn1cnnc1N/N=C/c1ccccc1C(=O)O. The average Bonchev–Trinajstić information content (AvgIpc) is 2.76. The number of aromatic nitrogens is 3. The van der Waals surface area contributed by atoms with Crippen molar-refractivity contribution in [3.8, 4) is 0 Å². The minimum atomic E-state index is -1.01. The van der Waals surface area contributed by atoms with Crippen molar-refractivity contribution in [3.63, 3.8) is 0 Å². The molecule has 2 rings (SSSR count). The fraction of sp³-hybridized carbons (Fsp3) is 0. The highest BCUT2D eigenvalue weighted by Gasteiger charge is 2.06. The largest absolute Gasteiger partial charge is 0.478 e. The number of carboxylic acid groups (broad SMARTS) is 1. The molecule has 0 fully saturated rings. The number of carboxylic acids is 1. The normalized spacial score (nSPS) is 10.7. The van der Waals surface area contributed by atoms with Crippen LogP contribution in [0.5, 0.6) is 0 Å². The molecular formula is C10H10N6O2. The lowest BCUT2D eigenvalue weighted by molar-refractivity contribution is 0.0697. The van der Waals surface area contributed by atoms with Gasteiger partial charge in [-0.25, -0.2) is 14.9 Å². The number of carbonyl (C=O) groups is 1. The molecule has 8 nitrogen and oxygen atoms in total.